The molecule has 0 radical (unpaired) electrons. The molecule has 5 heteroatoms. The van der Waals surface area contributed by atoms with Crippen molar-refractivity contribution in [1.29, 1.82) is 0 Å². The largest absolute Gasteiger partial charge is 0.275 e. The van der Waals surface area contributed by atoms with Crippen molar-refractivity contribution in [1.82, 2.24) is 0 Å². The molecule has 130 valence electrons. The minimum atomic E-state index is 0.144. The summed E-state index contributed by atoms with van der Waals surface area (Å²) in [6.07, 6.45) is 0.797. The third kappa shape index (κ3) is 2.22. The number of para-hydroxylation sites is 3. The van der Waals surface area contributed by atoms with Crippen LogP contribution < -0.4 is 10.9 Å². The summed E-state index contributed by atoms with van der Waals surface area (Å²) in [5.74, 6) is 0. The molecule has 0 aliphatic carbocycles. The molecule has 0 unspecified atom stereocenters. The molecule has 3 aliphatic rings. The minimum absolute atomic E-state index is 0.144. The van der Waals surface area contributed by atoms with Gasteiger partial charge in [-0.05, 0) is 47.1 Å². The van der Waals surface area contributed by atoms with Gasteiger partial charge in [-0.3, -0.25) is 15.0 Å². The molecule has 28 heavy (non-hydrogen) atoms. The van der Waals surface area contributed by atoms with Gasteiger partial charge in [-0.1, -0.05) is 54.6 Å². The number of hydrogen-bond acceptors (Lipinski definition) is 3. The highest BCUT2D eigenvalue weighted by molar-refractivity contribution is 7.47. The van der Waals surface area contributed by atoms with E-state index in [9.17, 15) is 0 Å². The van der Waals surface area contributed by atoms with E-state index in [1.165, 1.54) is 27.6 Å². The maximum Gasteiger partial charge on any atom is 0.270 e. The van der Waals surface area contributed by atoms with Gasteiger partial charge in [0.1, 0.15) is 0 Å². The smallest absolute Gasteiger partial charge is 0.270 e. The first kappa shape index (κ1) is 15.8. The monoisotopic (exact) mass is 357 g/mol. The summed E-state index contributed by atoms with van der Waals surface area (Å²) in [6.45, 7) is 2.45. The van der Waals surface area contributed by atoms with E-state index >= 15 is 0 Å². The van der Waals surface area contributed by atoms with Crippen LogP contribution in [0.4, 0.5) is 17.1 Å². The molecule has 0 spiro atoms. The molecule has 0 atom stereocenters. The number of aryl methyl sites for hydroxylation is 1. The van der Waals surface area contributed by atoms with Crippen molar-refractivity contribution < 1.29 is 0 Å². The lowest BCUT2D eigenvalue weighted by Crippen LogP contribution is -2.61. The van der Waals surface area contributed by atoms with Crippen molar-refractivity contribution in [2.45, 2.75) is 13.3 Å². The fraction of sp³-hybridized carbons (Fsp3) is 0.0870. The van der Waals surface area contributed by atoms with E-state index in [4.69, 9.17) is 15.0 Å². The third-order valence-electron chi connectivity index (χ3n) is 6.01. The van der Waals surface area contributed by atoms with Crippen LogP contribution in [0.2, 0.25) is 0 Å². The van der Waals surface area contributed by atoms with Crippen molar-refractivity contribution in [2.24, 2.45) is 15.0 Å². The molecule has 0 aromatic heterocycles. The Morgan fingerprint density at radius 3 is 2.18 bits per heavy atom. The number of benzene rings is 3. The summed E-state index contributed by atoms with van der Waals surface area (Å²) in [5.41, 5.74) is 10.5. The van der Waals surface area contributed by atoms with Crippen LogP contribution in [0.5, 0.6) is 0 Å². The summed E-state index contributed by atoms with van der Waals surface area (Å²) in [4.78, 5) is 15.2. The zero-order valence-electron chi connectivity index (χ0n) is 15.6. The van der Waals surface area contributed by atoms with E-state index in [1.54, 1.807) is 0 Å². The molecule has 3 nitrogen and oxygen atoms in total. The zero-order chi connectivity index (χ0) is 18.7. The molecule has 3 aliphatic heterocycles. The van der Waals surface area contributed by atoms with Gasteiger partial charge in [-0.15, -0.1) is 0 Å². The number of hydrogen-bond donors (Lipinski definition) is 0. The van der Waals surface area contributed by atoms with Crippen molar-refractivity contribution >= 4 is 58.1 Å². The minimum Gasteiger partial charge on any atom is -0.275 e. The molecule has 1 saturated heterocycles. The first-order valence-electron chi connectivity index (χ1n) is 9.76. The Labute approximate surface area is 165 Å². The lowest BCUT2D eigenvalue weighted by molar-refractivity contribution is 1.39. The standard InChI is InChI=1S/C23H17B2N3/c1-15-8-2-5-11-18(15)26-21-14-22-24(16-9-3-6-12-19(16)27-22)23-25(21)17-10-4-7-13-20(17)28-23/h2-13H,14H2,1H3. The SMILES string of the molecule is Cc1ccccc1N=C1CC2=Nc3ccccc3B2C2=Nc3ccccc3B12. The number of aliphatic imine (C=N–C) groups is 3. The average molecular weight is 357 g/mol. The Bertz CT molecular complexity index is 1230. The van der Waals surface area contributed by atoms with Crippen molar-refractivity contribution in [3.05, 3.63) is 78.4 Å². The van der Waals surface area contributed by atoms with Crippen LogP contribution in [0.15, 0.2) is 87.8 Å². The highest BCUT2D eigenvalue weighted by atomic mass is 14.8. The molecular formula is C23H17B2N3. The van der Waals surface area contributed by atoms with E-state index in [1.807, 2.05) is 0 Å². The fourth-order valence-electron chi connectivity index (χ4n) is 4.72. The number of fused-ring (bicyclic) bond motifs is 7. The molecule has 0 bridgehead atoms. The molecule has 3 aromatic carbocycles. The zero-order valence-corrected chi connectivity index (χ0v) is 15.6. The first-order valence-corrected chi connectivity index (χ1v) is 9.76. The second-order valence-corrected chi connectivity index (χ2v) is 7.69. The van der Waals surface area contributed by atoms with Crippen LogP contribution in [-0.2, 0) is 0 Å². The molecule has 3 aromatic rings. The summed E-state index contributed by atoms with van der Waals surface area (Å²) >= 11 is 0. The van der Waals surface area contributed by atoms with Gasteiger partial charge in [0.2, 0.25) is 0 Å². The van der Waals surface area contributed by atoms with Gasteiger partial charge in [-0.25, -0.2) is 0 Å². The molecule has 6 rings (SSSR count). The van der Waals surface area contributed by atoms with Gasteiger partial charge in [0, 0.05) is 17.6 Å². The van der Waals surface area contributed by atoms with Gasteiger partial charge < -0.3 is 0 Å². The number of nitrogens with zero attached hydrogens (tertiary/aromatic N) is 3. The highest BCUT2D eigenvalue weighted by Gasteiger charge is 2.50. The van der Waals surface area contributed by atoms with E-state index < -0.39 is 0 Å². The van der Waals surface area contributed by atoms with Gasteiger partial charge in [0.05, 0.1) is 17.1 Å². The molecule has 0 saturated carbocycles. The fourth-order valence-corrected chi connectivity index (χ4v) is 4.72. The third-order valence-corrected chi connectivity index (χ3v) is 6.01. The quantitative estimate of drug-likeness (QED) is 0.597. The Morgan fingerprint density at radius 1 is 0.750 bits per heavy atom. The van der Waals surface area contributed by atoms with Gasteiger partial charge in [-0.2, -0.15) is 0 Å². The molecular weight excluding hydrogens is 340 g/mol. The summed E-state index contributed by atoms with van der Waals surface area (Å²) in [5, 5.41) is 0. The van der Waals surface area contributed by atoms with E-state index in [0.29, 0.717) is 0 Å². The second kappa shape index (κ2) is 5.90. The Kier molecular flexibility index (Phi) is 3.33. The van der Waals surface area contributed by atoms with E-state index in [2.05, 4.69) is 79.7 Å². The molecule has 0 amide bonds. The Hall–Kier alpha value is -3.20. The molecule has 1 fully saturated rings. The predicted octanol–water partition coefficient (Wildman–Crippen LogP) is 3.60. The van der Waals surface area contributed by atoms with Crippen LogP contribution >= 0.6 is 0 Å². The van der Waals surface area contributed by atoms with Gasteiger partial charge >= 0.3 is 0 Å². The Balaban J connectivity index is 1.56. The van der Waals surface area contributed by atoms with Crippen LogP contribution in [-0.4, -0.2) is 30.2 Å². The van der Waals surface area contributed by atoms with Gasteiger partial charge in [0.25, 0.3) is 13.4 Å². The average Bonchev–Trinajstić information content (AvgIpc) is 3.27. The van der Waals surface area contributed by atoms with Crippen LogP contribution in [0.3, 0.4) is 0 Å². The molecule has 0 N–H and O–H groups in total. The molecule has 3 heterocycles. The van der Waals surface area contributed by atoms with Crippen molar-refractivity contribution in [2.75, 3.05) is 0 Å². The van der Waals surface area contributed by atoms with Gasteiger partial charge in [0.15, 0.2) is 0 Å². The van der Waals surface area contributed by atoms with Crippen molar-refractivity contribution in [3.63, 3.8) is 0 Å². The number of rotatable bonds is 1. The topological polar surface area (TPSA) is 37.1 Å². The maximum absolute atomic E-state index is 5.14. The van der Waals surface area contributed by atoms with E-state index in [-0.39, 0.29) is 13.4 Å². The Morgan fingerprint density at radius 2 is 1.39 bits per heavy atom. The summed E-state index contributed by atoms with van der Waals surface area (Å²) in [6, 6.07) is 25.3. The lowest BCUT2D eigenvalue weighted by Gasteiger charge is -2.25. The second-order valence-electron chi connectivity index (χ2n) is 7.69. The van der Waals surface area contributed by atoms with Crippen LogP contribution in [0.25, 0.3) is 0 Å². The lowest BCUT2D eigenvalue weighted by atomic mass is 9.17. The first-order chi connectivity index (χ1) is 13.8. The normalized spacial score (nSPS) is 17.7. The maximum atomic E-state index is 5.14. The van der Waals surface area contributed by atoms with Crippen LogP contribution in [0, 0.1) is 6.92 Å². The summed E-state index contributed by atoms with van der Waals surface area (Å²) < 4.78 is 0. The highest BCUT2D eigenvalue weighted by Crippen LogP contribution is 2.31. The van der Waals surface area contributed by atoms with E-state index in [0.717, 1.165) is 29.1 Å². The van der Waals surface area contributed by atoms with Crippen molar-refractivity contribution in [3.8, 4) is 0 Å². The van der Waals surface area contributed by atoms with Crippen LogP contribution in [0.1, 0.15) is 12.0 Å². The summed E-state index contributed by atoms with van der Waals surface area (Å²) in [7, 11) is 0. The predicted molar refractivity (Wildman–Crippen MR) is 121 cm³/mol.